The summed E-state index contributed by atoms with van der Waals surface area (Å²) in [6.45, 7) is 0.212. The Morgan fingerprint density at radius 2 is 1.82 bits per heavy atom. The quantitative estimate of drug-likeness (QED) is 0.641. The maximum atomic E-state index is 12.3. The van der Waals surface area contributed by atoms with Gasteiger partial charge in [0.2, 0.25) is 0 Å². The van der Waals surface area contributed by atoms with Gasteiger partial charge < -0.3 is 4.74 Å². The molecule has 0 atom stereocenters. The minimum atomic E-state index is -0.311. The number of fused-ring (bicyclic) bond motifs is 1. The van der Waals surface area contributed by atoms with Crippen LogP contribution in [0, 0.1) is 0 Å². The van der Waals surface area contributed by atoms with E-state index in [0.29, 0.717) is 11.1 Å². The molecule has 1 aromatic heterocycles. The number of imide groups is 1. The number of hydrogen-bond donors (Lipinski definition) is 0. The van der Waals surface area contributed by atoms with Gasteiger partial charge in [-0.1, -0.05) is 12.1 Å². The molecule has 0 aliphatic carbocycles. The highest BCUT2D eigenvalue weighted by Gasteiger charge is 2.35. The summed E-state index contributed by atoms with van der Waals surface area (Å²) in [5, 5.41) is 1.85. The van der Waals surface area contributed by atoms with Gasteiger partial charge in [0.25, 0.3) is 11.8 Å². The van der Waals surface area contributed by atoms with Crippen molar-refractivity contribution in [3.05, 3.63) is 57.3 Å². The standard InChI is InChI=1S/C16H13NO4S/c1-21-14(18)7-11-6-10(9-22-11)8-17-15(19)12-4-2-3-5-13(12)16(17)20/h2-6,9H,7-8H2,1H3. The first-order chi connectivity index (χ1) is 10.6. The first-order valence-corrected chi connectivity index (χ1v) is 7.56. The zero-order chi connectivity index (χ0) is 15.7. The molecular weight excluding hydrogens is 302 g/mol. The fraction of sp³-hybridized carbons (Fsp3) is 0.188. The van der Waals surface area contributed by atoms with Crippen LogP contribution in [-0.4, -0.2) is 29.8 Å². The fourth-order valence-corrected chi connectivity index (χ4v) is 3.25. The van der Waals surface area contributed by atoms with Crippen molar-refractivity contribution in [3.8, 4) is 0 Å². The first-order valence-electron chi connectivity index (χ1n) is 6.68. The van der Waals surface area contributed by atoms with Crippen LogP contribution in [0.3, 0.4) is 0 Å². The van der Waals surface area contributed by atoms with Crippen molar-refractivity contribution in [3.63, 3.8) is 0 Å². The predicted octanol–water partition coefficient (Wildman–Crippen LogP) is 2.26. The summed E-state index contributed by atoms with van der Waals surface area (Å²) in [6.07, 6.45) is 0.198. The average molecular weight is 315 g/mol. The van der Waals surface area contributed by atoms with E-state index in [1.54, 1.807) is 24.3 Å². The molecule has 0 fully saturated rings. The topological polar surface area (TPSA) is 63.7 Å². The van der Waals surface area contributed by atoms with Crippen LogP contribution < -0.4 is 0 Å². The van der Waals surface area contributed by atoms with Crippen LogP contribution in [0.2, 0.25) is 0 Å². The molecule has 0 N–H and O–H groups in total. The van der Waals surface area contributed by atoms with Crippen LogP contribution >= 0.6 is 11.3 Å². The first kappa shape index (κ1) is 14.5. The number of thiophene rings is 1. The van der Waals surface area contributed by atoms with E-state index in [1.165, 1.54) is 23.3 Å². The number of amides is 2. The minimum absolute atomic E-state index is 0.198. The third-order valence-electron chi connectivity index (χ3n) is 3.47. The summed E-state index contributed by atoms with van der Waals surface area (Å²) in [5.41, 5.74) is 1.72. The lowest BCUT2D eigenvalue weighted by molar-refractivity contribution is -0.139. The Kier molecular flexibility index (Phi) is 3.77. The maximum absolute atomic E-state index is 12.3. The van der Waals surface area contributed by atoms with Crippen molar-refractivity contribution in [1.29, 1.82) is 0 Å². The Bertz CT molecular complexity index is 730. The van der Waals surface area contributed by atoms with Gasteiger partial charge in [0, 0.05) is 4.88 Å². The highest BCUT2D eigenvalue weighted by Crippen LogP contribution is 2.25. The maximum Gasteiger partial charge on any atom is 0.310 e. The molecule has 2 heterocycles. The molecule has 6 heteroatoms. The molecule has 112 valence electrons. The molecule has 2 amide bonds. The molecule has 22 heavy (non-hydrogen) atoms. The van der Waals surface area contributed by atoms with Crippen molar-refractivity contribution >= 4 is 29.1 Å². The lowest BCUT2D eigenvalue weighted by atomic mass is 10.1. The molecule has 0 saturated carbocycles. The molecular formula is C16H13NO4S. The van der Waals surface area contributed by atoms with Gasteiger partial charge in [0.05, 0.1) is 31.2 Å². The van der Waals surface area contributed by atoms with Crippen molar-refractivity contribution in [2.45, 2.75) is 13.0 Å². The number of esters is 1. The number of hydrogen-bond acceptors (Lipinski definition) is 5. The van der Waals surface area contributed by atoms with Crippen molar-refractivity contribution < 1.29 is 19.1 Å². The predicted molar refractivity (Wildman–Crippen MR) is 80.7 cm³/mol. The van der Waals surface area contributed by atoms with Crippen molar-refractivity contribution in [1.82, 2.24) is 4.90 Å². The summed E-state index contributed by atoms with van der Waals surface area (Å²) in [7, 11) is 1.34. The fourth-order valence-electron chi connectivity index (χ4n) is 2.38. The third kappa shape index (κ3) is 2.53. The molecule has 0 bridgehead atoms. The van der Waals surface area contributed by atoms with E-state index in [4.69, 9.17) is 0 Å². The normalized spacial score (nSPS) is 13.4. The van der Waals surface area contributed by atoms with Crippen molar-refractivity contribution in [2.75, 3.05) is 7.11 Å². The summed E-state index contributed by atoms with van der Waals surface area (Å²) < 4.78 is 4.62. The van der Waals surface area contributed by atoms with Crippen LogP contribution in [0.5, 0.6) is 0 Å². The van der Waals surface area contributed by atoms with Gasteiger partial charge in [0.15, 0.2) is 0 Å². The number of carbonyl (C=O) groups excluding carboxylic acids is 3. The third-order valence-corrected chi connectivity index (χ3v) is 4.46. The molecule has 0 spiro atoms. The second kappa shape index (κ2) is 5.73. The zero-order valence-electron chi connectivity index (χ0n) is 11.9. The largest absolute Gasteiger partial charge is 0.469 e. The second-order valence-electron chi connectivity index (χ2n) is 4.92. The van der Waals surface area contributed by atoms with Crippen LogP contribution in [-0.2, 0) is 22.5 Å². The van der Waals surface area contributed by atoms with Gasteiger partial charge in [-0.3, -0.25) is 19.3 Å². The Morgan fingerprint density at radius 3 is 2.41 bits per heavy atom. The smallest absolute Gasteiger partial charge is 0.310 e. The number of carbonyl (C=O) groups is 3. The summed E-state index contributed by atoms with van der Waals surface area (Å²) in [4.78, 5) is 37.9. The van der Waals surface area contributed by atoms with E-state index in [1.807, 2.05) is 11.4 Å². The zero-order valence-corrected chi connectivity index (χ0v) is 12.7. The molecule has 0 saturated heterocycles. The van der Waals surface area contributed by atoms with Gasteiger partial charge in [-0.2, -0.15) is 0 Å². The molecule has 5 nitrogen and oxygen atoms in total. The lowest BCUT2D eigenvalue weighted by Crippen LogP contribution is -2.28. The van der Waals surface area contributed by atoms with E-state index >= 15 is 0 Å². The Labute approximate surface area is 131 Å². The minimum Gasteiger partial charge on any atom is -0.469 e. The van der Waals surface area contributed by atoms with Gasteiger partial charge in [-0.15, -0.1) is 11.3 Å². The van der Waals surface area contributed by atoms with Crippen LogP contribution in [0.1, 0.15) is 31.2 Å². The number of nitrogens with zero attached hydrogens (tertiary/aromatic N) is 1. The lowest BCUT2D eigenvalue weighted by Gasteiger charge is -2.12. The molecule has 0 unspecified atom stereocenters. The highest BCUT2D eigenvalue weighted by atomic mass is 32.1. The Balaban J connectivity index is 1.76. The van der Waals surface area contributed by atoms with Gasteiger partial charge in [0.1, 0.15) is 0 Å². The average Bonchev–Trinajstić information content (AvgIpc) is 3.06. The highest BCUT2D eigenvalue weighted by molar-refractivity contribution is 7.10. The summed E-state index contributed by atoms with van der Waals surface area (Å²) in [5.74, 6) is -0.864. The van der Waals surface area contributed by atoms with E-state index in [0.717, 1.165) is 10.4 Å². The van der Waals surface area contributed by atoms with E-state index in [-0.39, 0.29) is 30.7 Å². The molecule has 1 aliphatic rings. The Hall–Kier alpha value is -2.47. The SMILES string of the molecule is COC(=O)Cc1cc(CN2C(=O)c3ccccc3C2=O)cs1. The number of benzene rings is 1. The van der Waals surface area contributed by atoms with Gasteiger partial charge in [-0.05, 0) is 29.1 Å². The summed E-state index contributed by atoms with van der Waals surface area (Å²) >= 11 is 1.41. The molecule has 1 aromatic carbocycles. The monoisotopic (exact) mass is 315 g/mol. The second-order valence-corrected chi connectivity index (χ2v) is 5.91. The van der Waals surface area contributed by atoms with Gasteiger partial charge >= 0.3 is 5.97 Å². The number of methoxy groups -OCH3 is 1. The van der Waals surface area contributed by atoms with E-state index in [2.05, 4.69) is 4.74 Å². The summed E-state index contributed by atoms with van der Waals surface area (Å²) in [6, 6.07) is 8.63. The van der Waals surface area contributed by atoms with Crippen molar-refractivity contribution in [2.24, 2.45) is 0 Å². The number of ether oxygens (including phenoxy) is 1. The van der Waals surface area contributed by atoms with E-state index < -0.39 is 0 Å². The van der Waals surface area contributed by atoms with Crippen LogP contribution in [0.4, 0.5) is 0 Å². The Morgan fingerprint density at radius 1 is 1.18 bits per heavy atom. The molecule has 3 rings (SSSR count). The molecule has 0 radical (unpaired) electrons. The molecule has 2 aromatic rings. The van der Waals surface area contributed by atoms with Crippen LogP contribution in [0.25, 0.3) is 0 Å². The van der Waals surface area contributed by atoms with E-state index in [9.17, 15) is 14.4 Å². The van der Waals surface area contributed by atoms with Gasteiger partial charge in [-0.25, -0.2) is 0 Å². The number of rotatable bonds is 4. The molecule has 1 aliphatic heterocycles. The van der Waals surface area contributed by atoms with Crippen LogP contribution in [0.15, 0.2) is 35.7 Å².